The van der Waals surface area contributed by atoms with Crippen LogP contribution < -0.4 is 10.5 Å². The topological polar surface area (TPSA) is 72.2 Å². The summed E-state index contributed by atoms with van der Waals surface area (Å²) >= 11 is 3.38. The zero-order valence-corrected chi connectivity index (χ0v) is 13.5. The van der Waals surface area contributed by atoms with E-state index >= 15 is 0 Å². The van der Waals surface area contributed by atoms with Gasteiger partial charge in [-0.05, 0) is 43.2 Å². The highest BCUT2D eigenvalue weighted by molar-refractivity contribution is 9.10. The van der Waals surface area contributed by atoms with E-state index < -0.39 is 10.0 Å². The van der Waals surface area contributed by atoms with E-state index in [-0.39, 0.29) is 10.6 Å². The van der Waals surface area contributed by atoms with Crippen LogP contribution in [0.4, 0.5) is 11.4 Å². The SMILES string of the molecule is Cc1cccc(N)c1S(=O)(=O)Nc1cccc(Br)c1C. The number of sulfonamides is 1. The second kappa shape index (κ2) is 5.46. The molecule has 0 spiro atoms. The fourth-order valence-electron chi connectivity index (χ4n) is 1.96. The molecule has 2 aromatic rings. The van der Waals surface area contributed by atoms with E-state index in [0.717, 1.165) is 10.0 Å². The average Bonchev–Trinajstić information content (AvgIpc) is 2.34. The zero-order valence-electron chi connectivity index (χ0n) is 11.1. The largest absolute Gasteiger partial charge is 0.398 e. The minimum Gasteiger partial charge on any atom is -0.398 e. The molecule has 0 amide bonds. The molecule has 4 nitrogen and oxygen atoms in total. The first-order chi connectivity index (χ1) is 9.33. The van der Waals surface area contributed by atoms with Gasteiger partial charge in [-0.25, -0.2) is 8.42 Å². The first-order valence-corrected chi connectivity index (χ1v) is 8.23. The third kappa shape index (κ3) is 2.81. The predicted molar refractivity (Wildman–Crippen MR) is 85.3 cm³/mol. The Bertz CT molecular complexity index is 738. The Morgan fingerprint density at radius 1 is 1.10 bits per heavy atom. The van der Waals surface area contributed by atoms with E-state index in [0.29, 0.717) is 11.3 Å². The van der Waals surface area contributed by atoms with Crippen LogP contribution in [0.5, 0.6) is 0 Å². The molecule has 3 N–H and O–H groups in total. The number of nitrogen functional groups attached to an aromatic ring is 1. The fourth-order valence-corrected chi connectivity index (χ4v) is 3.81. The van der Waals surface area contributed by atoms with Crippen LogP contribution in [0.3, 0.4) is 0 Å². The van der Waals surface area contributed by atoms with E-state index in [1.807, 2.05) is 13.0 Å². The van der Waals surface area contributed by atoms with E-state index in [9.17, 15) is 8.42 Å². The normalized spacial score (nSPS) is 11.3. The van der Waals surface area contributed by atoms with Crippen LogP contribution in [-0.4, -0.2) is 8.42 Å². The van der Waals surface area contributed by atoms with Gasteiger partial charge in [0.15, 0.2) is 0 Å². The van der Waals surface area contributed by atoms with Gasteiger partial charge in [-0.1, -0.05) is 34.1 Å². The smallest absolute Gasteiger partial charge is 0.264 e. The van der Waals surface area contributed by atoms with Crippen molar-refractivity contribution < 1.29 is 8.42 Å². The number of halogens is 1. The van der Waals surface area contributed by atoms with E-state index in [2.05, 4.69) is 20.7 Å². The van der Waals surface area contributed by atoms with Crippen LogP contribution in [0.15, 0.2) is 45.8 Å². The molecular weight excluding hydrogens is 340 g/mol. The Morgan fingerprint density at radius 3 is 2.40 bits per heavy atom. The molecule has 0 saturated carbocycles. The molecule has 106 valence electrons. The second-order valence-corrected chi connectivity index (χ2v) is 6.98. The summed E-state index contributed by atoms with van der Waals surface area (Å²) in [6, 6.07) is 10.4. The van der Waals surface area contributed by atoms with Crippen molar-refractivity contribution in [2.45, 2.75) is 18.7 Å². The molecule has 0 unspecified atom stereocenters. The van der Waals surface area contributed by atoms with Crippen molar-refractivity contribution in [1.29, 1.82) is 0 Å². The summed E-state index contributed by atoms with van der Waals surface area (Å²) < 4.78 is 28.4. The zero-order chi connectivity index (χ0) is 14.9. The second-order valence-electron chi connectivity index (χ2n) is 4.51. The van der Waals surface area contributed by atoms with Gasteiger partial charge in [0, 0.05) is 4.47 Å². The third-order valence-corrected chi connectivity index (χ3v) is 5.47. The van der Waals surface area contributed by atoms with Gasteiger partial charge in [-0.2, -0.15) is 0 Å². The van der Waals surface area contributed by atoms with Crippen LogP contribution >= 0.6 is 15.9 Å². The van der Waals surface area contributed by atoms with Crippen LogP contribution in [0.2, 0.25) is 0 Å². The van der Waals surface area contributed by atoms with E-state index in [1.165, 1.54) is 0 Å². The Kier molecular flexibility index (Phi) is 4.06. The van der Waals surface area contributed by atoms with Gasteiger partial charge in [-0.15, -0.1) is 0 Å². The van der Waals surface area contributed by atoms with Crippen LogP contribution in [-0.2, 0) is 10.0 Å². The van der Waals surface area contributed by atoms with Gasteiger partial charge in [-0.3, -0.25) is 4.72 Å². The van der Waals surface area contributed by atoms with Gasteiger partial charge in [0.05, 0.1) is 11.4 Å². The first kappa shape index (κ1) is 14.9. The van der Waals surface area contributed by atoms with E-state index in [4.69, 9.17) is 5.73 Å². The predicted octanol–water partition coefficient (Wildman–Crippen LogP) is 3.45. The summed E-state index contributed by atoms with van der Waals surface area (Å²) in [5.74, 6) is 0. The summed E-state index contributed by atoms with van der Waals surface area (Å²) in [7, 11) is -3.71. The molecule has 2 rings (SSSR count). The monoisotopic (exact) mass is 354 g/mol. The lowest BCUT2D eigenvalue weighted by atomic mass is 10.2. The molecule has 0 fully saturated rings. The molecule has 0 aliphatic heterocycles. The van der Waals surface area contributed by atoms with Gasteiger partial charge in [0.1, 0.15) is 4.90 Å². The number of nitrogens with two attached hydrogens (primary N) is 1. The molecule has 0 heterocycles. The summed E-state index contributed by atoms with van der Waals surface area (Å²) in [5.41, 5.74) is 8.01. The molecule has 6 heteroatoms. The number of aryl methyl sites for hydroxylation is 1. The van der Waals surface area contributed by atoms with Crippen LogP contribution in [0, 0.1) is 13.8 Å². The lowest BCUT2D eigenvalue weighted by molar-refractivity contribution is 0.601. The molecule has 2 aromatic carbocycles. The average molecular weight is 355 g/mol. The molecule has 0 aliphatic carbocycles. The minimum absolute atomic E-state index is 0.124. The molecule has 0 aliphatic rings. The van der Waals surface area contributed by atoms with Crippen LogP contribution in [0.1, 0.15) is 11.1 Å². The maximum absolute atomic E-state index is 12.5. The Morgan fingerprint density at radius 2 is 1.75 bits per heavy atom. The van der Waals surface area contributed by atoms with Crippen molar-refractivity contribution in [3.05, 3.63) is 52.0 Å². The van der Waals surface area contributed by atoms with Gasteiger partial charge >= 0.3 is 0 Å². The highest BCUT2D eigenvalue weighted by Gasteiger charge is 2.20. The van der Waals surface area contributed by atoms with Crippen molar-refractivity contribution >= 4 is 37.3 Å². The third-order valence-electron chi connectivity index (χ3n) is 3.02. The van der Waals surface area contributed by atoms with E-state index in [1.54, 1.807) is 37.3 Å². The lowest BCUT2D eigenvalue weighted by Crippen LogP contribution is -2.16. The van der Waals surface area contributed by atoms with Crippen molar-refractivity contribution in [3.8, 4) is 0 Å². The molecule has 0 bridgehead atoms. The van der Waals surface area contributed by atoms with Gasteiger partial charge in [0.2, 0.25) is 0 Å². The number of hydrogen-bond donors (Lipinski definition) is 2. The number of nitrogens with one attached hydrogen (secondary N) is 1. The highest BCUT2D eigenvalue weighted by Crippen LogP contribution is 2.28. The molecule has 0 aromatic heterocycles. The molecule has 0 atom stereocenters. The summed E-state index contributed by atoms with van der Waals surface area (Å²) in [4.78, 5) is 0.124. The number of anilines is 2. The van der Waals surface area contributed by atoms with Crippen molar-refractivity contribution in [2.75, 3.05) is 10.5 Å². The molecule has 20 heavy (non-hydrogen) atoms. The summed E-state index contributed by atoms with van der Waals surface area (Å²) in [5, 5.41) is 0. The van der Waals surface area contributed by atoms with Gasteiger partial charge < -0.3 is 5.73 Å². The Hall–Kier alpha value is -1.53. The fraction of sp³-hybridized carbons (Fsp3) is 0.143. The highest BCUT2D eigenvalue weighted by atomic mass is 79.9. The first-order valence-electron chi connectivity index (χ1n) is 5.96. The van der Waals surface area contributed by atoms with Crippen molar-refractivity contribution in [2.24, 2.45) is 0 Å². The maximum atomic E-state index is 12.5. The molecular formula is C14H15BrN2O2S. The molecule has 0 saturated heterocycles. The summed E-state index contributed by atoms with van der Waals surface area (Å²) in [6.07, 6.45) is 0. The van der Waals surface area contributed by atoms with Crippen molar-refractivity contribution in [1.82, 2.24) is 0 Å². The van der Waals surface area contributed by atoms with Crippen molar-refractivity contribution in [3.63, 3.8) is 0 Å². The Labute approximate surface area is 127 Å². The number of benzene rings is 2. The standard InChI is InChI=1S/C14H15BrN2O2S/c1-9-5-3-7-12(16)14(9)20(18,19)17-13-8-4-6-11(15)10(13)2/h3-8,17H,16H2,1-2H3. The number of rotatable bonds is 3. The lowest BCUT2D eigenvalue weighted by Gasteiger charge is -2.14. The molecule has 0 radical (unpaired) electrons. The maximum Gasteiger partial charge on any atom is 0.264 e. The Balaban J connectivity index is 2.50. The van der Waals surface area contributed by atoms with Gasteiger partial charge in [0.25, 0.3) is 10.0 Å². The van der Waals surface area contributed by atoms with Crippen LogP contribution in [0.25, 0.3) is 0 Å². The quantitative estimate of drug-likeness (QED) is 0.829. The summed E-state index contributed by atoms with van der Waals surface area (Å²) in [6.45, 7) is 3.56. The minimum atomic E-state index is -3.71. The number of hydrogen-bond acceptors (Lipinski definition) is 3.